The van der Waals surface area contributed by atoms with Crippen molar-refractivity contribution in [3.63, 3.8) is 0 Å². The minimum atomic E-state index is -5.08. The highest BCUT2D eigenvalue weighted by atomic mass is 19.4. The fraction of sp³-hybridized carbons (Fsp3) is 0.250. The quantitative estimate of drug-likeness (QED) is 0.579. The largest absolute Gasteiger partial charge is 0.421 e. The number of anilines is 1. The highest BCUT2D eigenvalue weighted by Gasteiger charge is 2.38. The summed E-state index contributed by atoms with van der Waals surface area (Å²) in [5, 5.41) is 0. The molecular formula is C8H5F6N. The summed E-state index contributed by atoms with van der Waals surface area (Å²) >= 11 is 0. The van der Waals surface area contributed by atoms with Crippen LogP contribution in [0.1, 0.15) is 17.6 Å². The van der Waals surface area contributed by atoms with Crippen LogP contribution in [0.3, 0.4) is 0 Å². The first kappa shape index (κ1) is 11.7. The molecule has 2 N–H and O–H groups in total. The van der Waals surface area contributed by atoms with Crippen LogP contribution in [0.2, 0.25) is 0 Å². The molecule has 0 fully saturated rings. The summed E-state index contributed by atoms with van der Waals surface area (Å²) in [5.74, 6) is -2.02. The van der Waals surface area contributed by atoms with E-state index in [1.165, 1.54) is 0 Å². The Kier molecular flexibility index (Phi) is 2.83. The molecule has 0 aliphatic rings. The van der Waals surface area contributed by atoms with Crippen molar-refractivity contribution in [1.82, 2.24) is 0 Å². The second-order valence-corrected chi connectivity index (χ2v) is 2.73. The van der Waals surface area contributed by atoms with Crippen molar-refractivity contribution < 1.29 is 26.3 Å². The lowest BCUT2D eigenvalue weighted by atomic mass is 10.1. The smallest absolute Gasteiger partial charge is 0.398 e. The van der Waals surface area contributed by atoms with Gasteiger partial charge in [0, 0.05) is 5.69 Å². The fourth-order valence-corrected chi connectivity index (χ4v) is 1.06. The zero-order chi connectivity index (χ0) is 11.8. The molecule has 0 radical (unpaired) electrons. The summed E-state index contributed by atoms with van der Waals surface area (Å²) < 4.78 is 73.7. The Morgan fingerprint density at radius 2 is 1.67 bits per heavy atom. The van der Waals surface area contributed by atoms with Crippen LogP contribution >= 0.6 is 0 Å². The number of rotatable bonds is 1. The summed E-state index contributed by atoms with van der Waals surface area (Å²) in [5.41, 5.74) is 0.803. The molecule has 0 unspecified atom stereocenters. The normalized spacial score (nSPS) is 12.2. The van der Waals surface area contributed by atoms with Gasteiger partial charge in [-0.2, -0.15) is 13.2 Å². The molecule has 0 atom stereocenters. The van der Waals surface area contributed by atoms with Gasteiger partial charge in [-0.05, 0) is 12.1 Å². The summed E-state index contributed by atoms with van der Waals surface area (Å²) in [6, 6.07) is 1.14. The van der Waals surface area contributed by atoms with Gasteiger partial charge in [0.15, 0.2) is 0 Å². The van der Waals surface area contributed by atoms with Crippen molar-refractivity contribution in [3.05, 3.63) is 29.1 Å². The van der Waals surface area contributed by atoms with Crippen molar-refractivity contribution in [1.29, 1.82) is 0 Å². The number of benzene rings is 1. The first-order chi connectivity index (χ1) is 6.75. The lowest BCUT2D eigenvalue weighted by molar-refractivity contribution is -0.139. The monoisotopic (exact) mass is 229 g/mol. The Bertz CT molecular complexity index is 370. The van der Waals surface area contributed by atoms with Gasteiger partial charge in [0.2, 0.25) is 0 Å². The van der Waals surface area contributed by atoms with Crippen LogP contribution in [0.5, 0.6) is 0 Å². The Hall–Kier alpha value is -1.40. The maximum atomic E-state index is 13.0. The number of halogens is 6. The number of hydrogen-bond acceptors (Lipinski definition) is 1. The van der Waals surface area contributed by atoms with Gasteiger partial charge in [-0.15, -0.1) is 0 Å². The van der Waals surface area contributed by atoms with Crippen molar-refractivity contribution in [2.45, 2.75) is 12.6 Å². The van der Waals surface area contributed by atoms with E-state index in [-0.39, 0.29) is 0 Å². The second kappa shape index (κ2) is 3.63. The van der Waals surface area contributed by atoms with Gasteiger partial charge >= 0.3 is 6.18 Å². The minimum Gasteiger partial charge on any atom is -0.398 e. The third kappa shape index (κ3) is 2.16. The van der Waals surface area contributed by atoms with Crippen LogP contribution in [-0.4, -0.2) is 0 Å². The SMILES string of the molecule is Nc1ccc(C(F)F)c(F)c1C(F)(F)F. The molecule has 0 spiro atoms. The van der Waals surface area contributed by atoms with Gasteiger partial charge in [0.05, 0.1) is 5.56 Å². The summed E-state index contributed by atoms with van der Waals surface area (Å²) in [6.07, 6.45) is -8.40. The average Bonchev–Trinajstić information content (AvgIpc) is 2.00. The highest BCUT2D eigenvalue weighted by molar-refractivity contribution is 5.51. The summed E-state index contributed by atoms with van der Waals surface area (Å²) in [7, 11) is 0. The highest BCUT2D eigenvalue weighted by Crippen LogP contribution is 2.38. The van der Waals surface area contributed by atoms with E-state index in [1.54, 1.807) is 0 Å². The van der Waals surface area contributed by atoms with E-state index in [0.29, 0.717) is 12.1 Å². The predicted octanol–water partition coefficient (Wildman–Crippen LogP) is 3.36. The first-order valence-electron chi connectivity index (χ1n) is 3.68. The van der Waals surface area contributed by atoms with Crippen molar-refractivity contribution >= 4 is 5.69 Å². The molecule has 1 aromatic rings. The second-order valence-electron chi connectivity index (χ2n) is 2.73. The van der Waals surface area contributed by atoms with Crippen LogP contribution in [0.4, 0.5) is 32.0 Å². The van der Waals surface area contributed by atoms with Gasteiger partial charge in [-0.25, -0.2) is 13.2 Å². The first-order valence-corrected chi connectivity index (χ1v) is 3.68. The summed E-state index contributed by atoms with van der Waals surface area (Å²) in [4.78, 5) is 0. The topological polar surface area (TPSA) is 26.0 Å². The molecule has 1 aromatic carbocycles. The lowest BCUT2D eigenvalue weighted by Crippen LogP contribution is -2.13. The molecule has 0 amide bonds. The van der Waals surface area contributed by atoms with Crippen molar-refractivity contribution in [2.24, 2.45) is 0 Å². The van der Waals surface area contributed by atoms with Gasteiger partial charge in [0.1, 0.15) is 11.4 Å². The molecule has 0 aliphatic carbocycles. The number of nitrogens with two attached hydrogens (primary N) is 1. The van der Waals surface area contributed by atoms with E-state index in [0.717, 1.165) is 0 Å². The van der Waals surface area contributed by atoms with Crippen LogP contribution in [0.15, 0.2) is 12.1 Å². The zero-order valence-corrected chi connectivity index (χ0v) is 7.08. The molecule has 0 saturated carbocycles. The maximum absolute atomic E-state index is 13.0. The van der Waals surface area contributed by atoms with E-state index in [2.05, 4.69) is 0 Å². The maximum Gasteiger partial charge on any atom is 0.421 e. The minimum absolute atomic E-state index is 0.532. The number of nitrogen functional groups attached to an aromatic ring is 1. The third-order valence-electron chi connectivity index (χ3n) is 1.72. The van der Waals surface area contributed by atoms with E-state index in [9.17, 15) is 26.3 Å². The van der Waals surface area contributed by atoms with Crippen LogP contribution in [-0.2, 0) is 6.18 Å². The predicted molar refractivity (Wildman–Crippen MR) is 40.8 cm³/mol. The Morgan fingerprint density at radius 1 is 1.13 bits per heavy atom. The Morgan fingerprint density at radius 3 is 2.07 bits per heavy atom. The molecule has 1 rings (SSSR count). The molecule has 7 heteroatoms. The Labute approximate surface area is 80.5 Å². The molecule has 0 heterocycles. The summed E-state index contributed by atoms with van der Waals surface area (Å²) in [6.45, 7) is 0. The van der Waals surface area contributed by atoms with Crippen molar-refractivity contribution in [2.75, 3.05) is 5.73 Å². The van der Waals surface area contributed by atoms with Crippen LogP contribution in [0.25, 0.3) is 0 Å². The molecule has 0 aromatic heterocycles. The van der Waals surface area contributed by atoms with E-state index >= 15 is 0 Å². The lowest BCUT2D eigenvalue weighted by Gasteiger charge is -2.13. The molecule has 84 valence electrons. The van der Waals surface area contributed by atoms with E-state index in [1.807, 2.05) is 0 Å². The molecule has 0 bridgehead atoms. The van der Waals surface area contributed by atoms with Crippen LogP contribution in [0, 0.1) is 5.82 Å². The van der Waals surface area contributed by atoms with E-state index < -0.39 is 35.2 Å². The molecule has 1 nitrogen and oxygen atoms in total. The van der Waals surface area contributed by atoms with Gasteiger partial charge in [0.25, 0.3) is 6.43 Å². The molecule has 15 heavy (non-hydrogen) atoms. The van der Waals surface area contributed by atoms with E-state index in [4.69, 9.17) is 5.73 Å². The Balaban J connectivity index is 3.44. The van der Waals surface area contributed by atoms with Crippen molar-refractivity contribution in [3.8, 4) is 0 Å². The molecule has 0 saturated heterocycles. The van der Waals surface area contributed by atoms with Gasteiger partial charge < -0.3 is 5.73 Å². The van der Waals surface area contributed by atoms with Gasteiger partial charge in [-0.1, -0.05) is 0 Å². The third-order valence-corrected chi connectivity index (χ3v) is 1.72. The standard InChI is InChI=1S/C8H5F6N/c9-6-3(7(10)11)1-2-4(15)5(6)8(12,13)14/h1-2,7H,15H2. The zero-order valence-electron chi connectivity index (χ0n) is 7.08. The number of hydrogen-bond donors (Lipinski definition) is 1. The molecular weight excluding hydrogens is 224 g/mol. The molecule has 0 aliphatic heterocycles. The van der Waals surface area contributed by atoms with Crippen LogP contribution < -0.4 is 5.73 Å². The fourth-order valence-electron chi connectivity index (χ4n) is 1.06. The number of alkyl halides is 5. The van der Waals surface area contributed by atoms with Gasteiger partial charge in [-0.3, -0.25) is 0 Å². The average molecular weight is 229 g/mol.